The topological polar surface area (TPSA) is 84.9 Å². The third kappa shape index (κ3) is 5.38. The predicted octanol–water partition coefficient (Wildman–Crippen LogP) is 2.47. The molecule has 8 heteroatoms. The molecular weight excluding hydrogens is 404 g/mol. The molecule has 0 aliphatic carbocycles. The molecule has 7 nitrogen and oxygen atoms in total. The van der Waals surface area contributed by atoms with Crippen LogP contribution in [-0.2, 0) is 21.2 Å². The van der Waals surface area contributed by atoms with Crippen LogP contribution in [-0.4, -0.2) is 58.1 Å². The van der Waals surface area contributed by atoms with Crippen LogP contribution in [0.2, 0.25) is 0 Å². The van der Waals surface area contributed by atoms with Crippen molar-refractivity contribution in [1.82, 2.24) is 9.62 Å². The lowest BCUT2D eigenvalue weighted by Crippen LogP contribution is -2.40. The number of hydrogen-bond donors (Lipinski definition) is 1. The number of rotatable bonds is 8. The number of carbonyl (C=O) groups excluding carboxylic acids is 1. The Hall–Kier alpha value is -2.42. The smallest absolute Gasteiger partial charge is 0.255 e. The molecule has 0 radical (unpaired) electrons. The summed E-state index contributed by atoms with van der Waals surface area (Å²) in [5.74, 6) is -0.0184. The molecule has 0 spiro atoms. The molecule has 1 amide bonds. The van der Waals surface area contributed by atoms with Crippen LogP contribution >= 0.6 is 0 Å². The quantitative estimate of drug-likeness (QED) is 0.693. The monoisotopic (exact) mass is 432 g/mol. The van der Waals surface area contributed by atoms with Crippen LogP contribution in [0.1, 0.15) is 29.3 Å². The summed E-state index contributed by atoms with van der Waals surface area (Å²) in [5, 5.41) is 2.95. The van der Waals surface area contributed by atoms with E-state index < -0.39 is 10.0 Å². The second-order valence-electron chi connectivity index (χ2n) is 7.28. The van der Waals surface area contributed by atoms with Gasteiger partial charge in [-0.15, -0.1) is 0 Å². The molecule has 1 unspecified atom stereocenters. The molecule has 30 heavy (non-hydrogen) atoms. The van der Waals surface area contributed by atoms with Gasteiger partial charge in [0.2, 0.25) is 10.0 Å². The number of benzene rings is 2. The number of methoxy groups -OCH3 is 1. The highest BCUT2D eigenvalue weighted by Gasteiger charge is 2.28. The van der Waals surface area contributed by atoms with Crippen molar-refractivity contribution in [1.29, 1.82) is 0 Å². The third-order valence-electron chi connectivity index (χ3n) is 5.11. The van der Waals surface area contributed by atoms with Crippen LogP contribution in [0.25, 0.3) is 0 Å². The van der Waals surface area contributed by atoms with E-state index >= 15 is 0 Å². The number of morpholine rings is 1. The van der Waals surface area contributed by atoms with Gasteiger partial charge in [0.25, 0.3) is 5.91 Å². The molecule has 1 saturated heterocycles. The van der Waals surface area contributed by atoms with E-state index in [0.717, 1.165) is 12.8 Å². The zero-order valence-electron chi connectivity index (χ0n) is 17.3. The van der Waals surface area contributed by atoms with Crippen molar-refractivity contribution in [3.63, 3.8) is 0 Å². The summed E-state index contributed by atoms with van der Waals surface area (Å²) in [4.78, 5) is 13.0. The molecule has 2 aromatic carbocycles. The van der Waals surface area contributed by atoms with E-state index in [-0.39, 0.29) is 22.4 Å². The Morgan fingerprint density at radius 3 is 2.53 bits per heavy atom. The van der Waals surface area contributed by atoms with Crippen molar-refractivity contribution in [2.45, 2.75) is 30.7 Å². The number of ether oxygens (including phenoxy) is 2. The van der Waals surface area contributed by atoms with Crippen molar-refractivity contribution in [2.75, 3.05) is 33.4 Å². The maximum absolute atomic E-state index is 12.9. The molecule has 0 bridgehead atoms. The van der Waals surface area contributed by atoms with Crippen LogP contribution in [0.3, 0.4) is 0 Å². The van der Waals surface area contributed by atoms with Gasteiger partial charge in [-0.2, -0.15) is 4.31 Å². The lowest BCUT2D eigenvalue weighted by molar-refractivity contribution is 0.0730. The van der Waals surface area contributed by atoms with Gasteiger partial charge < -0.3 is 14.8 Å². The highest BCUT2D eigenvalue weighted by atomic mass is 32.2. The van der Waals surface area contributed by atoms with E-state index in [1.165, 1.54) is 35.2 Å². The minimum Gasteiger partial charge on any atom is -0.496 e. The lowest BCUT2D eigenvalue weighted by Gasteiger charge is -2.26. The summed E-state index contributed by atoms with van der Waals surface area (Å²) in [6, 6.07) is 14.4. The van der Waals surface area contributed by atoms with Gasteiger partial charge in [0.05, 0.1) is 30.8 Å². The molecular formula is C22H28N2O5S. The van der Waals surface area contributed by atoms with Gasteiger partial charge in [0.15, 0.2) is 0 Å². The SMILES string of the molecule is COc1ccc(S(=O)(=O)N2CCOCC2)cc1C(=O)NC(C)CCc1ccccc1. The fraction of sp³-hybridized carbons (Fsp3) is 0.409. The Morgan fingerprint density at radius 1 is 1.17 bits per heavy atom. The number of sulfonamides is 1. The fourth-order valence-corrected chi connectivity index (χ4v) is 4.80. The summed E-state index contributed by atoms with van der Waals surface area (Å²) in [7, 11) is -2.24. The van der Waals surface area contributed by atoms with Gasteiger partial charge in [-0.25, -0.2) is 8.42 Å². The highest BCUT2D eigenvalue weighted by Crippen LogP contribution is 2.25. The first-order valence-electron chi connectivity index (χ1n) is 10.0. The summed E-state index contributed by atoms with van der Waals surface area (Å²) < 4.78 is 37.8. The van der Waals surface area contributed by atoms with Gasteiger partial charge in [-0.05, 0) is 43.5 Å². The molecule has 1 N–H and O–H groups in total. The molecule has 3 rings (SSSR count). The summed E-state index contributed by atoms with van der Waals surface area (Å²) in [6.45, 7) is 3.25. The first-order chi connectivity index (χ1) is 14.4. The van der Waals surface area contributed by atoms with Crippen molar-refractivity contribution >= 4 is 15.9 Å². The second-order valence-corrected chi connectivity index (χ2v) is 9.22. The first-order valence-corrected chi connectivity index (χ1v) is 11.5. The fourth-order valence-electron chi connectivity index (χ4n) is 3.36. The second kappa shape index (κ2) is 10.1. The summed E-state index contributed by atoms with van der Waals surface area (Å²) in [6.07, 6.45) is 1.61. The van der Waals surface area contributed by atoms with E-state index in [0.29, 0.717) is 32.1 Å². The summed E-state index contributed by atoms with van der Waals surface area (Å²) in [5.41, 5.74) is 1.41. The Bertz CT molecular complexity index is 957. The third-order valence-corrected chi connectivity index (χ3v) is 7.00. The molecule has 1 aliphatic heterocycles. The molecule has 1 heterocycles. The Balaban J connectivity index is 1.73. The van der Waals surface area contributed by atoms with Gasteiger partial charge in [-0.3, -0.25) is 4.79 Å². The zero-order valence-corrected chi connectivity index (χ0v) is 18.2. The molecule has 1 fully saturated rings. The van der Waals surface area contributed by atoms with Crippen LogP contribution < -0.4 is 10.1 Å². The normalized spacial score (nSPS) is 16.1. The lowest BCUT2D eigenvalue weighted by atomic mass is 10.1. The highest BCUT2D eigenvalue weighted by molar-refractivity contribution is 7.89. The average Bonchev–Trinajstić information content (AvgIpc) is 2.78. The minimum atomic E-state index is -3.70. The van der Waals surface area contributed by atoms with Gasteiger partial charge >= 0.3 is 0 Å². The predicted molar refractivity (Wildman–Crippen MR) is 114 cm³/mol. The molecule has 0 saturated carbocycles. The molecule has 1 aliphatic rings. The number of aryl methyl sites for hydroxylation is 1. The summed E-state index contributed by atoms with van der Waals surface area (Å²) >= 11 is 0. The molecule has 2 aromatic rings. The molecule has 1 atom stereocenters. The molecule has 162 valence electrons. The molecule has 0 aromatic heterocycles. The van der Waals surface area contributed by atoms with E-state index in [9.17, 15) is 13.2 Å². The van der Waals surface area contributed by atoms with E-state index in [2.05, 4.69) is 17.4 Å². The van der Waals surface area contributed by atoms with Crippen LogP contribution in [0.4, 0.5) is 0 Å². The van der Waals surface area contributed by atoms with E-state index in [1.807, 2.05) is 25.1 Å². The maximum Gasteiger partial charge on any atom is 0.255 e. The number of nitrogens with zero attached hydrogens (tertiary/aromatic N) is 1. The van der Waals surface area contributed by atoms with E-state index in [4.69, 9.17) is 9.47 Å². The maximum atomic E-state index is 12.9. The Labute approximate surface area is 178 Å². The van der Waals surface area contributed by atoms with E-state index in [1.54, 1.807) is 0 Å². The van der Waals surface area contributed by atoms with Gasteiger partial charge in [-0.1, -0.05) is 30.3 Å². The number of carbonyl (C=O) groups is 1. The zero-order chi connectivity index (χ0) is 21.6. The number of hydrogen-bond acceptors (Lipinski definition) is 5. The minimum absolute atomic E-state index is 0.0762. The van der Waals surface area contributed by atoms with Crippen LogP contribution in [0.5, 0.6) is 5.75 Å². The van der Waals surface area contributed by atoms with Crippen LogP contribution in [0.15, 0.2) is 53.4 Å². The van der Waals surface area contributed by atoms with Crippen molar-refractivity contribution < 1.29 is 22.7 Å². The van der Waals surface area contributed by atoms with Gasteiger partial charge in [0, 0.05) is 19.1 Å². The van der Waals surface area contributed by atoms with Crippen molar-refractivity contribution in [3.05, 3.63) is 59.7 Å². The first kappa shape index (κ1) is 22.3. The number of amides is 1. The largest absolute Gasteiger partial charge is 0.496 e. The van der Waals surface area contributed by atoms with Gasteiger partial charge in [0.1, 0.15) is 5.75 Å². The Morgan fingerprint density at radius 2 is 1.87 bits per heavy atom. The average molecular weight is 433 g/mol. The van der Waals surface area contributed by atoms with Crippen molar-refractivity contribution in [3.8, 4) is 5.75 Å². The Kier molecular flexibility index (Phi) is 7.47. The standard InChI is InChI=1S/C22H28N2O5S/c1-17(8-9-18-6-4-3-5-7-18)23-22(25)20-16-19(10-11-21(20)28-2)30(26,27)24-12-14-29-15-13-24/h3-7,10-11,16-17H,8-9,12-15H2,1-2H3,(H,23,25). The van der Waals surface area contributed by atoms with Crippen molar-refractivity contribution in [2.24, 2.45) is 0 Å². The number of nitrogens with one attached hydrogen (secondary N) is 1. The van der Waals surface area contributed by atoms with Crippen LogP contribution in [0, 0.1) is 0 Å².